The molecule has 1 N–H and O–H groups in total. The first kappa shape index (κ1) is 65.6. The standard InChI is InChI=1S/C66H90Br2O8Si3/c1-47(39-50(4)59(43-60(67)68)76-79(65(12,13)14,56-34-26-20-27-35-56)57-36-28-21-29-37-57)38-49(3)58(69)42-61(70)75-66(62(71)72-15)44-51(5)52(41-53(66)40-48(2)45-73-77(16,17)63(6,7)8)46-74-78(64(9,10)11,54-30-22-18-23-31-54)55-32-24-19-25-33-55/h18-38,40-43,47,50-51,53,59,69H,39,44-46H2,1-17H3/b48-40+,49-38+,58-42+/t47-,50+,51-,53-,59-,66+/m1/s1. The van der Waals surface area contributed by atoms with Gasteiger partial charge in [-0.3, -0.25) is 0 Å². The molecule has 8 nitrogen and oxygen atoms in total. The summed E-state index contributed by atoms with van der Waals surface area (Å²) in [6, 6.07) is 42.3. The molecule has 0 unspecified atom stereocenters. The Morgan fingerprint density at radius 1 is 0.709 bits per heavy atom. The lowest BCUT2D eigenvalue weighted by molar-refractivity contribution is -0.184. The molecule has 0 aromatic heterocycles. The molecule has 0 amide bonds. The summed E-state index contributed by atoms with van der Waals surface area (Å²) in [5.74, 6) is -2.86. The predicted octanol–water partition coefficient (Wildman–Crippen LogP) is 15.2. The monoisotopic (exact) mass is 1250 g/mol. The van der Waals surface area contributed by atoms with Gasteiger partial charge in [0.2, 0.25) is 5.60 Å². The molecule has 0 bridgehead atoms. The van der Waals surface area contributed by atoms with Crippen LogP contribution in [0.2, 0.25) is 28.2 Å². The Hall–Kier alpha value is -4.19. The average Bonchev–Trinajstić information content (AvgIpc) is 3.51. The van der Waals surface area contributed by atoms with E-state index in [0.717, 1.165) is 31.0 Å². The number of carbonyl (C=O) groups is 2. The van der Waals surface area contributed by atoms with Gasteiger partial charge in [-0.05, 0) is 136 Å². The lowest BCUT2D eigenvalue weighted by Gasteiger charge is -2.46. The van der Waals surface area contributed by atoms with Crippen LogP contribution in [0.4, 0.5) is 0 Å². The Morgan fingerprint density at radius 3 is 1.58 bits per heavy atom. The van der Waals surface area contributed by atoms with Gasteiger partial charge < -0.3 is 27.9 Å². The van der Waals surface area contributed by atoms with Crippen molar-refractivity contribution in [1.82, 2.24) is 0 Å². The van der Waals surface area contributed by atoms with Crippen molar-refractivity contribution in [3.05, 3.63) is 178 Å². The van der Waals surface area contributed by atoms with Crippen molar-refractivity contribution in [2.24, 2.45) is 23.7 Å². The molecule has 0 radical (unpaired) electrons. The van der Waals surface area contributed by atoms with Crippen LogP contribution in [0.15, 0.2) is 178 Å². The highest BCUT2D eigenvalue weighted by atomic mass is 79.9. The lowest BCUT2D eigenvalue weighted by atomic mass is 9.71. The van der Waals surface area contributed by atoms with Crippen molar-refractivity contribution >= 4 is 89.5 Å². The summed E-state index contributed by atoms with van der Waals surface area (Å²) < 4.78 is 34.6. The van der Waals surface area contributed by atoms with Gasteiger partial charge in [0, 0.05) is 12.3 Å². The summed E-state index contributed by atoms with van der Waals surface area (Å²) in [6.45, 7) is 35.4. The first-order valence-electron chi connectivity index (χ1n) is 27.8. The van der Waals surface area contributed by atoms with Crippen LogP contribution in [0.3, 0.4) is 0 Å². The second-order valence-corrected chi connectivity index (χ2v) is 41.6. The molecule has 1 aliphatic carbocycles. The number of ether oxygens (including phenoxy) is 2. The Labute approximate surface area is 494 Å². The predicted molar refractivity (Wildman–Crippen MR) is 343 cm³/mol. The van der Waals surface area contributed by atoms with Gasteiger partial charge in [0.05, 0.1) is 35.9 Å². The zero-order valence-electron chi connectivity index (χ0n) is 50.2. The number of rotatable bonds is 22. The Bertz CT molecular complexity index is 2730. The van der Waals surface area contributed by atoms with Crippen molar-refractivity contribution in [2.75, 3.05) is 20.3 Å². The SMILES string of the molecule is COC(=O)[C@]1(OC(=O)/C=C(O)\C(C)=C\[C@@H](C)C[C@H](C)[C@@H](C=C(Br)Br)O[Si](c2ccccc2)(c2ccccc2)C(C)(C)C)C[C@@H](C)C(CO[Si](c2ccccc2)(c2ccccc2)C(C)(C)C)=C[C@H]1/C=C(\C)CO[Si](C)(C)C(C)(C)C. The van der Waals surface area contributed by atoms with Crippen LogP contribution < -0.4 is 20.7 Å². The number of hydrogen-bond acceptors (Lipinski definition) is 8. The van der Waals surface area contributed by atoms with Gasteiger partial charge in [0.25, 0.3) is 16.6 Å². The van der Waals surface area contributed by atoms with E-state index in [1.807, 2.05) is 56.3 Å². The first-order valence-corrected chi connectivity index (χ1v) is 36.2. The molecule has 0 saturated heterocycles. The normalized spacial score (nSPS) is 19.4. The number of aliphatic hydroxyl groups is 1. The minimum atomic E-state index is -2.97. The molecular weight excluding hydrogens is 1160 g/mol. The largest absolute Gasteiger partial charge is 0.507 e. The van der Waals surface area contributed by atoms with E-state index in [-0.39, 0.29) is 51.2 Å². The van der Waals surface area contributed by atoms with Crippen LogP contribution in [-0.2, 0) is 32.3 Å². The van der Waals surface area contributed by atoms with Crippen molar-refractivity contribution in [2.45, 2.75) is 150 Å². The molecule has 0 heterocycles. The van der Waals surface area contributed by atoms with E-state index >= 15 is 0 Å². The number of methoxy groups -OCH3 is 1. The van der Waals surface area contributed by atoms with Crippen molar-refractivity contribution in [3.8, 4) is 0 Å². The third-order valence-electron chi connectivity index (χ3n) is 16.3. The van der Waals surface area contributed by atoms with E-state index in [9.17, 15) is 14.7 Å². The fourth-order valence-electron chi connectivity index (χ4n) is 11.1. The fraction of sp³-hybridized carbons (Fsp3) is 0.455. The van der Waals surface area contributed by atoms with Gasteiger partial charge in [-0.15, -0.1) is 0 Å². The molecule has 0 saturated carbocycles. The molecule has 4 aromatic carbocycles. The zero-order chi connectivity index (χ0) is 58.8. The number of benzene rings is 4. The highest BCUT2D eigenvalue weighted by molar-refractivity contribution is 9.28. The number of esters is 2. The Morgan fingerprint density at radius 2 is 1.16 bits per heavy atom. The topological polar surface area (TPSA) is 101 Å². The molecular formula is C66H90Br2O8Si3. The Kier molecular flexibility index (Phi) is 22.6. The van der Waals surface area contributed by atoms with E-state index in [1.165, 1.54) is 17.5 Å². The van der Waals surface area contributed by atoms with Gasteiger partial charge in [0.1, 0.15) is 5.76 Å². The third-order valence-corrected chi connectivity index (χ3v) is 31.3. The molecule has 5 rings (SSSR count). The van der Waals surface area contributed by atoms with E-state index in [2.05, 4.69) is 224 Å². The maximum absolute atomic E-state index is 14.5. The van der Waals surface area contributed by atoms with Gasteiger partial charge >= 0.3 is 11.9 Å². The zero-order valence-corrected chi connectivity index (χ0v) is 56.4. The summed E-state index contributed by atoms with van der Waals surface area (Å²) >= 11 is 7.33. The molecule has 0 fully saturated rings. The first-order chi connectivity index (χ1) is 36.8. The van der Waals surface area contributed by atoms with E-state index in [4.69, 9.17) is 22.8 Å². The third kappa shape index (κ3) is 15.7. The summed E-state index contributed by atoms with van der Waals surface area (Å²) in [5, 5.41) is 15.9. The number of allylic oxidation sites excluding steroid dienone is 2. The lowest BCUT2D eigenvalue weighted by Crippen LogP contribution is -2.68. The second-order valence-electron chi connectivity index (χ2n) is 25.5. The summed E-state index contributed by atoms with van der Waals surface area (Å²) in [4.78, 5) is 28.9. The summed E-state index contributed by atoms with van der Waals surface area (Å²) in [5.41, 5.74) is 0.594. The van der Waals surface area contributed by atoms with E-state index < -0.39 is 48.4 Å². The number of hydrogen-bond donors (Lipinski definition) is 1. The molecule has 0 aliphatic heterocycles. The van der Waals surface area contributed by atoms with Crippen LogP contribution in [0.5, 0.6) is 0 Å². The minimum absolute atomic E-state index is 0.0167. The molecule has 6 atom stereocenters. The summed E-state index contributed by atoms with van der Waals surface area (Å²) in [6.07, 6.45) is 9.69. The van der Waals surface area contributed by atoms with Gasteiger partial charge in [-0.25, -0.2) is 9.59 Å². The highest BCUT2D eigenvalue weighted by Gasteiger charge is 2.55. The fourth-order valence-corrected chi connectivity index (χ4v) is 21.9. The molecule has 4 aromatic rings. The molecule has 428 valence electrons. The maximum atomic E-state index is 14.5. The highest BCUT2D eigenvalue weighted by Crippen LogP contribution is 2.45. The maximum Gasteiger partial charge on any atom is 0.351 e. The van der Waals surface area contributed by atoms with E-state index in [1.54, 1.807) is 6.92 Å². The molecule has 0 spiro atoms. The van der Waals surface area contributed by atoms with Crippen LogP contribution in [0.1, 0.15) is 110 Å². The summed E-state index contributed by atoms with van der Waals surface area (Å²) in [7, 11) is -6.75. The smallest absolute Gasteiger partial charge is 0.351 e. The Balaban J connectivity index is 1.50. The van der Waals surface area contributed by atoms with Gasteiger partial charge in [0.15, 0.2) is 8.32 Å². The van der Waals surface area contributed by atoms with Crippen molar-refractivity contribution in [3.63, 3.8) is 0 Å². The van der Waals surface area contributed by atoms with Crippen LogP contribution in [-0.4, -0.2) is 74.0 Å². The van der Waals surface area contributed by atoms with Crippen LogP contribution >= 0.6 is 31.9 Å². The quantitative estimate of drug-likeness (QED) is 0.0207. The minimum Gasteiger partial charge on any atom is -0.507 e. The number of aliphatic hydroxyl groups excluding tert-OH is 1. The number of halogens is 2. The van der Waals surface area contributed by atoms with Crippen molar-refractivity contribution < 1.29 is 37.4 Å². The van der Waals surface area contributed by atoms with Crippen molar-refractivity contribution in [1.29, 1.82) is 0 Å². The van der Waals surface area contributed by atoms with Gasteiger partial charge in [-0.2, -0.15) is 0 Å². The van der Waals surface area contributed by atoms with Crippen LogP contribution in [0.25, 0.3) is 0 Å². The molecule has 1 aliphatic rings. The molecule has 13 heteroatoms. The van der Waals surface area contributed by atoms with E-state index in [0.29, 0.717) is 25.2 Å². The second kappa shape index (κ2) is 27.3. The number of carbonyl (C=O) groups excluding carboxylic acids is 2. The molecule has 79 heavy (non-hydrogen) atoms. The van der Waals surface area contributed by atoms with Crippen LogP contribution in [0, 0.1) is 23.7 Å². The van der Waals surface area contributed by atoms with Gasteiger partial charge in [-0.1, -0.05) is 228 Å². The average molecular weight is 1260 g/mol.